The van der Waals surface area contributed by atoms with Crippen molar-refractivity contribution in [2.45, 2.75) is 6.92 Å². The first kappa shape index (κ1) is 12.2. The molecule has 0 fully saturated rings. The fraction of sp³-hybridized carbons (Fsp3) is 0.100. The van der Waals surface area contributed by atoms with Crippen molar-refractivity contribution in [1.29, 1.82) is 0 Å². The van der Waals surface area contributed by atoms with Gasteiger partial charge in [0.1, 0.15) is 0 Å². The van der Waals surface area contributed by atoms with Gasteiger partial charge in [0.25, 0.3) is 0 Å². The molecule has 0 unspecified atom stereocenters. The lowest BCUT2D eigenvalue weighted by Gasteiger charge is -2.27. The Bertz CT molecular complexity index is 1040. The zero-order chi connectivity index (χ0) is 14.7. The highest BCUT2D eigenvalue weighted by atomic mass is 15.1. The summed E-state index contributed by atoms with van der Waals surface area (Å²) >= 11 is 0. The van der Waals surface area contributed by atoms with E-state index in [-0.39, 0.29) is 0 Å². The third kappa shape index (κ3) is 1.46. The maximum absolute atomic E-state index is 4.37. The summed E-state index contributed by atoms with van der Waals surface area (Å²) in [5.41, 5.74) is 3.52. The van der Waals surface area contributed by atoms with Crippen molar-refractivity contribution in [2.24, 2.45) is 0 Å². The van der Waals surface area contributed by atoms with Crippen LogP contribution in [0.3, 0.4) is 0 Å². The SMILES string of the molecule is C=C1C=c2c3ccccc3c(=C)c3c(C)ccc(c23)N1C. The Morgan fingerprint density at radius 1 is 0.905 bits per heavy atom. The van der Waals surface area contributed by atoms with E-state index >= 15 is 0 Å². The number of nitrogens with zero attached hydrogens (tertiary/aromatic N) is 1. The molecular weight excluding hydrogens is 254 g/mol. The van der Waals surface area contributed by atoms with E-state index in [1.807, 2.05) is 0 Å². The smallest absolute Gasteiger partial charge is 0.0494 e. The molecule has 0 aromatic heterocycles. The van der Waals surface area contributed by atoms with Crippen LogP contribution in [0.1, 0.15) is 5.56 Å². The van der Waals surface area contributed by atoms with Gasteiger partial charge in [-0.05, 0) is 51.2 Å². The number of hydrogen-bond donors (Lipinski definition) is 0. The van der Waals surface area contributed by atoms with Crippen molar-refractivity contribution in [1.82, 2.24) is 0 Å². The molecule has 0 spiro atoms. The summed E-state index contributed by atoms with van der Waals surface area (Å²) in [5, 5.41) is 7.46. The zero-order valence-corrected chi connectivity index (χ0v) is 12.4. The number of allylic oxidation sites excluding steroid dienone is 1. The molecular formula is C20H17N. The average Bonchev–Trinajstić information content (AvgIpc) is 2.49. The van der Waals surface area contributed by atoms with E-state index in [0.29, 0.717) is 0 Å². The van der Waals surface area contributed by atoms with Gasteiger partial charge < -0.3 is 4.90 Å². The minimum absolute atomic E-state index is 1.02. The number of hydrogen-bond acceptors (Lipinski definition) is 1. The molecule has 0 saturated heterocycles. The molecule has 0 saturated carbocycles. The lowest BCUT2D eigenvalue weighted by molar-refractivity contribution is 1.16. The summed E-state index contributed by atoms with van der Waals surface area (Å²) in [7, 11) is 2.07. The highest BCUT2D eigenvalue weighted by molar-refractivity contribution is 6.09. The van der Waals surface area contributed by atoms with Crippen LogP contribution in [0.2, 0.25) is 0 Å². The molecule has 21 heavy (non-hydrogen) atoms. The second-order valence-electron chi connectivity index (χ2n) is 5.78. The van der Waals surface area contributed by atoms with Gasteiger partial charge in [0.15, 0.2) is 0 Å². The highest BCUT2D eigenvalue weighted by Crippen LogP contribution is 2.31. The van der Waals surface area contributed by atoms with Crippen LogP contribution >= 0.6 is 0 Å². The molecule has 0 amide bonds. The second kappa shape index (κ2) is 3.98. The van der Waals surface area contributed by atoms with E-state index in [9.17, 15) is 0 Å². The molecule has 0 bridgehead atoms. The molecule has 3 aromatic rings. The minimum atomic E-state index is 1.02. The van der Waals surface area contributed by atoms with Gasteiger partial charge in [-0.25, -0.2) is 0 Å². The van der Waals surface area contributed by atoms with Crippen molar-refractivity contribution < 1.29 is 0 Å². The summed E-state index contributed by atoms with van der Waals surface area (Å²) in [6, 6.07) is 12.9. The Kier molecular flexibility index (Phi) is 2.32. The van der Waals surface area contributed by atoms with E-state index in [0.717, 1.165) is 10.9 Å². The Hall–Kier alpha value is -2.54. The molecule has 1 heteroatoms. The van der Waals surface area contributed by atoms with Gasteiger partial charge in [-0.3, -0.25) is 0 Å². The number of rotatable bonds is 0. The molecule has 1 aliphatic rings. The maximum Gasteiger partial charge on any atom is 0.0494 e. The van der Waals surface area contributed by atoms with E-state index in [1.54, 1.807) is 0 Å². The summed E-state index contributed by atoms with van der Waals surface area (Å²) in [6.07, 6.45) is 2.19. The first-order valence-corrected chi connectivity index (χ1v) is 7.17. The van der Waals surface area contributed by atoms with Crippen LogP contribution in [0.5, 0.6) is 0 Å². The Balaban J connectivity index is 2.47. The van der Waals surface area contributed by atoms with Crippen LogP contribution in [0.25, 0.3) is 34.2 Å². The fourth-order valence-electron chi connectivity index (χ4n) is 3.46. The first-order valence-electron chi connectivity index (χ1n) is 7.17. The van der Waals surface area contributed by atoms with Gasteiger partial charge >= 0.3 is 0 Å². The van der Waals surface area contributed by atoms with Crippen LogP contribution in [0.4, 0.5) is 5.69 Å². The van der Waals surface area contributed by atoms with Crippen molar-refractivity contribution >= 4 is 39.9 Å². The van der Waals surface area contributed by atoms with Crippen molar-refractivity contribution in [3.05, 3.63) is 64.7 Å². The molecule has 1 aliphatic heterocycles. The van der Waals surface area contributed by atoms with Gasteiger partial charge in [0, 0.05) is 23.8 Å². The molecule has 0 N–H and O–H groups in total. The van der Waals surface area contributed by atoms with Gasteiger partial charge in [0.2, 0.25) is 0 Å². The fourth-order valence-corrected chi connectivity index (χ4v) is 3.46. The largest absolute Gasteiger partial charge is 0.345 e. The van der Waals surface area contributed by atoms with Gasteiger partial charge in [0.05, 0.1) is 0 Å². The molecule has 3 aromatic carbocycles. The summed E-state index contributed by atoms with van der Waals surface area (Å²) in [5.74, 6) is 0. The van der Waals surface area contributed by atoms with E-state index < -0.39 is 0 Å². The third-order valence-corrected chi connectivity index (χ3v) is 4.61. The standard InChI is InChI=1S/C20H17N/c1-12-9-10-18-20-17(11-13(2)21(18)4)16-8-6-5-7-15(16)14(3)19(12)20/h5-11H,2-3H2,1,4H3. The highest BCUT2D eigenvalue weighted by Gasteiger charge is 2.17. The lowest BCUT2D eigenvalue weighted by Crippen LogP contribution is -2.26. The zero-order valence-electron chi connectivity index (χ0n) is 12.4. The number of fused-ring (bicyclic) bond motifs is 2. The summed E-state index contributed by atoms with van der Waals surface area (Å²) in [6.45, 7) is 10.7. The molecule has 1 heterocycles. The predicted octanol–water partition coefficient (Wildman–Crippen LogP) is 3.46. The van der Waals surface area contributed by atoms with Gasteiger partial charge in [-0.15, -0.1) is 0 Å². The van der Waals surface area contributed by atoms with E-state index in [2.05, 4.69) is 74.5 Å². The van der Waals surface area contributed by atoms with Crippen LogP contribution in [-0.2, 0) is 0 Å². The maximum atomic E-state index is 4.37. The van der Waals surface area contributed by atoms with Gasteiger partial charge in [-0.1, -0.05) is 43.5 Å². The Morgan fingerprint density at radius 3 is 2.38 bits per heavy atom. The number of aryl methyl sites for hydroxylation is 1. The monoisotopic (exact) mass is 271 g/mol. The average molecular weight is 271 g/mol. The molecule has 0 atom stereocenters. The number of anilines is 1. The van der Waals surface area contributed by atoms with Crippen LogP contribution in [0.15, 0.2) is 48.7 Å². The van der Waals surface area contributed by atoms with Crippen molar-refractivity contribution in [2.75, 3.05) is 11.9 Å². The van der Waals surface area contributed by atoms with Crippen LogP contribution < -0.4 is 15.3 Å². The van der Waals surface area contributed by atoms with Crippen LogP contribution in [-0.4, -0.2) is 7.05 Å². The summed E-state index contributed by atoms with van der Waals surface area (Å²) < 4.78 is 0. The topological polar surface area (TPSA) is 3.24 Å². The molecule has 102 valence electrons. The second-order valence-corrected chi connectivity index (χ2v) is 5.78. The molecule has 4 rings (SSSR count). The van der Waals surface area contributed by atoms with Crippen LogP contribution in [0, 0.1) is 6.92 Å². The van der Waals surface area contributed by atoms with Crippen molar-refractivity contribution in [3.8, 4) is 0 Å². The lowest BCUT2D eigenvalue weighted by atomic mass is 9.92. The molecule has 1 nitrogen and oxygen atoms in total. The van der Waals surface area contributed by atoms with E-state index in [1.165, 1.54) is 38.0 Å². The van der Waals surface area contributed by atoms with Crippen molar-refractivity contribution in [3.63, 3.8) is 0 Å². The predicted molar refractivity (Wildman–Crippen MR) is 93.0 cm³/mol. The summed E-state index contributed by atoms with van der Waals surface area (Å²) in [4.78, 5) is 2.16. The van der Waals surface area contributed by atoms with E-state index in [4.69, 9.17) is 0 Å². The number of benzene rings is 3. The minimum Gasteiger partial charge on any atom is -0.345 e. The third-order valence-electron chi connectivity index (χ3n) is 4.61. The van der Waals surface area contributed by atoms with Gasteiger partial charge in [-0.2, -0.15) is 0 Å². The quantitative estimate of drug-likeness (QED) is 0.566. The Labute approximate surface area is 124 Å². The Morgan fingerprint density at radius 2 is 1.62 bits per heavy atom. The molecule has 0 aliphatic carbocycles. The molecule has 0 radical (unpaired) electrons. The normalized spacial score (nSPS) is 13.8. The first-order chi connectivity index (χ1) is 10.1.